The molecule has 7 nitrogen and oxygen atoms in total. The van der Waals surface area contributed by atoms with E-state index in [0.29, 0.717) is 29.3 Å². The van der Waals surface area contributed by atoms with Crippen LogP contribution in [0.1, 0.15) is 33.2 Å². The van der Waals surface area contributed by atoms with Crippen LogP contribution < -0.4 is 5.32 Å². The summed E-state index contributed by atoms with van der Waals surface area (Å²) in [5.74, 6) is 0.479. The molecular formula is C15H14FN5O2. The highest BCUT2D eigenvalue weighted by atomic mass is 19.1. The van der Waals surface area contributed by atoms with Gasteiger partial charge in [0.05, 0.1) is 5.69 Å². The van der Waals surface area contributed by atoms with Gasteiger partial charge in [-0.25, -0.2) is 4.39 Å². The van der Waals surface area contributed by atoms with Gasteiger partial charge >= 0.3 is 0 Å². The molecule has 0 fully saturated rings. The number of benzene rings is 1. The van der Waals surface area contributed by atoms with Gasteiger partial charge in [-0.15, -0.1) is 5.10 Å². The molecule has 0 atom stereocenters. The average Bonchev–Trinajstić information content (AvgIpc) is 3.08. The Hall–Kier alpha value is -3.03. The number of hydrogen-bond donors (Lipinski definition) is 2. The first-order chi connectivity index (χ1) is 11.0. The van der Waals surface area contributed by atoms with Crippen molar-refractivity contribution in [2.24, 2.45) is 0 Å². The molecule has 0 bridgehead atoms. The lowest BCUT2D eigenvalue weighted by molar-refractivity contribution is 0.102. The van der Waals surface area contributed by atoms with Crippen LogP contribution >= 0.6 is 0 Å². The van der Waals surface area contributed by atoms with E-state index in [1.165, 1.54) is 12.1 Å². The number of amides is 1. The molecule has 118 valence electrons. The minimum atomic E-state index is -0.381. The molecule has 23 heavy (non-hydrogen) atoms. The highest BCUT2D eigenvalue weighted by Gasteiger charge is 2.19. The molecule has 0 saturated heterocycles. The lowest BCUT2D eigenvalue weighted by Crippen LogP contribution is -2.14. The molecule has 0 aliphatic rings. The van der Waals surface area contributed by atoms with Crippen LogP contribution in [0.2, 0.25) is 0 Å². The fraction of sp³-hybridized carbons (Fsp3) is 0.200. The molecule has 3 aromatic rings. The van der Waals surface area contributed by atoms with E-state index >= 15 is 0 Å². The summed E-state index contributed by atoms with van der Waals surface area (Å²) in [6.07, 6.45) is 0.453. The molecule has 0 saturated carbocycles. The summed E-state index contributed by atoms with van der Waals surface area (Å²) in [5.41, 5.74) is 1.75. The molecule has 8 heteroatoms. The number of aryl methyl sites for hydroxylation is 2. The fourth-order valence-electron chi connectivity index (χ4n) is 2.20. The predicted molar refractivity (Wildman–Crippen MR) is 79.5 cm³/mol. The number of hydrogen-bond acceptors (Lipinski definition) is 5. The zero-order chi connectivity index (χ0) is 16.4. The first kappa shape index (κ1) is 14.9. The maximum absolute atomic E-state index is 12.9. The molecule has 3 rings (SSSR count). The van der Waals surface area contributed by atoms with Gasteiger partial charge in [0.25, 0.3) is 5.91 Å². The smallest absolute Gasteiger partial charge is 0.263 e. The minimum Gasteiger partial charge on any atom is -0.361 e. The second-order valence-corrected chi connectivity index (χ2v) is 5.06. The zero-order valence-corrected chi connectivity index (χ0v) is 12.6. The van der Waals surface area contributed by atoms with Crippen LogP contribution in [0, 0.1) is 19.7 Å². The third-order valence-electron chi connectivity index (χ3n) is 3.30. The van der Waals surface area contributed by atoms with E-state index in [1.807, 2.05) is 0 Å². The van der Waals surface area contributed by atoms with E-state index in [-0.39, 0.29) is 17.7 Å². The van der Waals surface area contributed by atoms with E-state index < -0.39 is 0 Å². The normalized spacial score (nSPS) is 10.7. The lowest BCUT2D eigenvalue weighted by atomic mass is 10.1. The predicted octanol–water partition coefficient (Wildman–Crippen LogP) is 2.39. The number of carbonyl (C=O) groups is 1. The summed E-state index contributed by atoms with van der Waals surface area (Å²) in [4.78, 5) is 16.4. The summed E-state index contributed by atoms with van der Waals surface area (Å²) < 4.78 is 17.8. The van der Waals surface area contributed by atoms with Crippen molar-refractivity contribution in [2.75, 3.05) is 5.32 Å². The van der Waals surface area contributed by atoms with Gasteiger partial charge in [0, 0.05) is 6.42 Å². The zero-order valence-electron chi connectivity index (χ0n) is 12.6. The van der Waals surface area contributed by atoms with E-state index in [0.717, 1.165) is 5.56 Å². The van der Waals surface area contributed by atoms with E-state index in [4.69, 9.17) is 4.52 Å². The number of anilines is 1. The number of aromatic nitrogens is 4. The summed E-state index contributed by atoms with van der Waals surface area (Å²) >= 11 is 0. The minimum absolute atomic E-state index is 0.159. The molecule has 0 aliphatic heterocycles. The van der Waals surface area contributed by atoms with Gasteiger partial charge < -0.3 is 4.52 Å². The molecule has 2 aromatic heterocycles. The highest BCUT2D eigenvalue weighted by Crippen LogP contribution is 2.14. The Morgan fingerprint density at radius 3 is 2.70 bits per heavy atom. The van der Waals surface area contributed by atoms with Crippen molar-refractivity contribution in [3.8, 4) is 0 Å². The van der Waals surface area contributed by atoms with Gasteiger partial charge in [0.2, 0.25) is 5.95 Å². The Morgan fingerprint density at radius 2 is 2.04 bits per heavy atom. The van der Waals surface area contributed by atoms with Crippen LogP contribution in [-0.2, 0) is 6.42 Å². The molecule has 2 N–H and O–H groups in total. The Kier molecular flexibility index (Phi) is 3.88. The third kappa shape index (κ3) is 3.25. The molecule has 0 radical (unpaired) electrons. The molecule has 1 amide bonds. The molecule has 0 unspecified atom stereocenters. The van der Waals surface area contributed by atoms with Gasteiger partial charge in [0.15, 0.2) is 0 Å². The fourth-order valence-corrected chi connectivity index (χ4v) is 2.20. The van der Waals surface area contributed by atoms with Crippen molar-refractivity contribution < 1.29 is 13.7 Å². The number of nitrogens with zero attached hydrogens (tertiary/aromatic N) is 3. The summed E-state index contributed by atoms with van der Waals surface area (Å²) in [5, 5.41) is 13.0. The Labute approximate surface area is 130 Å². The van der Waals surface area contributed by atoms with Crippen molar-refractivity contribution in [1.29, 1.82) is 0 Å². The lowest BCUT2D eigenvalue weighted by Gasteiger charge is -1.99. The number of halogens is 1. The number of H-pyrrole nitrogens is 1. The van der Waals surface area contributed by atoms with Gasteiger partial charge in [-0.05, 0) is 31.5 Å². The number of carbonyl (C=O) groups excluding carboxylic acids is 1. The van der Waals surface area contributed by atoms with Gasteiger partial charge in [0.1, 0.15) is 23.0 Å². The SMILES string of the molecule is Cc1noc(C)c1C(=O)Nc1n[nH]c(Cc2ccc(F)cc2)n1. The second-order valence-electron chi connectivity index (χ2n) is 5.06. The summed E-state index contributed by atoms with van der Waals surface area (Å²) in [6.45, 7) is 3.34. The van der Waals surface area contributed by atoms with Crippen LogP contribution in [0.5, 0.6) is 0 Å². The quantitative estimate of drug-likeness (QED) is 0.770. The highest BCUT2D eigenvalue weighted by molar-refractivity contribution is 6.04. The van der Waals surface area contributed by atoms with E-state index in [2.05, 4.69) is 25.7 Å². The topological polar surface area (TPSA) is 96.7 Å². The summed E-state index contributed by atoms with van der Waals surface area (Å²) in [6, 6.07) is 6.09. The van der Waals surface area contributed by atoms with E-state index in [1.54, 1.807) is 26.0 Å². The maximum Gasteiger partial charge on any atom is 0.263 e. The summed E-state index contributed by atoms with van der Waals surface area (Å²) in [7, 11) is 0. The van der Waals surface area contributed by atoms with Gasteiger partial charge in [-0.3, -0.25) is 15.2 Å². The van der Waals surface area contributed by atoms with Crippen LogP contribution in [0.25, 0.3) is 0 Å². The largest absolute Gasteiger partial charge is 0.361 e. The Bertz CT molecular complexity index is 818. The van der Waals surface area contributed by atoms with Crippen molar-refractivity contribution in [3.05, 3.63) is 58.5 Å². The van der Waals surface area contributed by atoms with Crippen LogP contribution in [0.3, 0.4) is 0 Å². The molecule has 0 spiro atoms. The molecule has 0 aliphatic carbocycles. The second kappa shape index (κ2) is 5.99. The third-order valence-corrected chi connectivity index (χ3v) is 3.30. The van der Waals surface area contributed by atoms with Crippen molar-refractivity contribution >= 4 is 11.9 Å². The van der Waals surface area contributed by atoms with Crippen LogP contribution in [-0.4, -0.2) is 26.2 Å². The number of rotatable bonds is 4. The first-order valence-corrected chi connectivity index (χ1v) is 6.93. The van der Waals surface area contributed by atoms with Crippen molar-refractivity contribution in [2.45, 2.75) is 20.3 Å². The average molecular weight is 315 g/mol. The molecule has 2 heterocycles. The molecule has 1 aromatic carbocycles. The van der Waals surface area contributed by atoms with Crippen LogP contribution in [0.15, 0.2) is 28.8 Å². The van der Waals surface area contributed by atoms with Crippen molar-refractivity contribution in [3.63, 3.8) is 0 Å². The van der Waals surface area contributed by atoms with E-state index in [9.17, 15) is 9.18 Å². The standard InChI is InChI=1S/C15H14FN5O2/c1-8-13(9(2)23-21-8)14(22)18-15-17-12(19-20-15)7-10-3-5-11(16)6-4-10/h3-6H,7H2,1-2H3,(H2,17,18,19,20,22). The Balaban J connectivity index is 1.70. The van der Waals surface area contributed by atoms with Gasteiger partial charge in [-0.1, -0.05) is 17.3 Å². The van der Waals surface area contributed by atoms with Gasteiger partial charge in [-0.2, -0.15) is 4.98 Å². The monoisotopic (exact) mass is 315 g/mol. The Morgan fingerprint density at radius 1 is 1.30 bits per heavy atom. The number of nitrogens with one attached hydrogen (secondary N) is 2. The number of aromatic amines is 1. The van der Waals surface area contributed by atoms with Crippen molar-refractivity contribution in [1.82, 2.24) is 20.3 Å². The molecular weight excluding hydrogens is 301 g/mol. The maximum atomic E-state index is 12.9. The first-order valence-electron chi connectivity index (χ1n) is 6.93. The van der Waals surface area contributed by atoms with Crippen LogP contribution in [0.4, 0.5) is 10.3 Å².